The molecule has 2 aromatic rings. The fraction of sp³-hybridized carbons (Fsp3) is 0.526. The topological polar surface area (TPSA) is 234 Å². The molecule has 16 nitrogen and oxygen atoms in total. The Kier molecular flexibility index (Phi) is 15.4. The number of carboxylic acids is 1. The predicted octanol–water partition coefficient (Wildman–Crippen LogP) is 4.77. The molecule has 0 aromatic heterocycles. The number of hydrogen-bond acceptors (Lipinski definition) is 11. The van der Waals surface area contributed by atoms with Gasteiger partial charge in [-0.15, -0.1) is 0 Å². The van der Waals surface area contributed by atoms with Crippen molar-refractivity contribution in [1.29, 1.82) is 0 Å². The van der Waals surface area contributed by atoms with Gasteiger partial charge in [0.1, 0.15) is 6.61 Å². The Balaban J connectivity index is 1.89. The van der Waals surface area contributed by atoms with E-state index in [-0.39, 0.29) is 42.3 Å². The van der Waals surface area contributed by atoms with Crippen LogP contribution in [0.5, 0.6) is 0 Å². The molecule has 2 atom stereocenters. The van der Waals surface area contributed by atoms with Crippen molar-refractivity contribution in [3.05, 3.63) is 71.5 Å². The van der Waals surface area contributed by atoms with Gasteiger partial charge in [-0.25, -0.2) is 0 Å². The number of carboxylic acid groups (broad SMARTS) is 1. The fourth-order valence-corrected chi connectivity index (χ4v) is 9.18. The summed E-state index contributed by atoms with van der Waals surface area (Å²) in [6.45, 7) is 5.77. The molecule has 0 aliphatic carbocycles. The minimum Gasteiger partial charge on any atom is -0.481 e. The summed E-state index contributed by atoms with van der Waals surface area (Å²) >= 11 is 0. The van der Waals surface area contributed by atoms with Crippen LogP contribution < -0.4 is 4.90 Å². The largest absolute Gasteiger partial charge is 0.481 e. The number of hydrogen-bond donors (Lipinski definition) is 4. The van der Waals surface area contributed by atoms with Crippen LogP contribution in [-0.2, 0) is 60.2 Å². The Morgan fingerprint density at radius 2 is 1.44 bits per heavy atom. The summed E-state index contributed by atoms with van der Waals surface area (Å²) in [5, 5.41) is 9.17. The quantitative estimate of drug-likeness (QED) is 0.0670. The van der Waals surface area contributed by atoms with E-state index >= 15 is 0 Å². The van der Waals surface area contributed by atoms with Crippen molar-refractivity contribution in [2.45, 2.75) is 79.4 Å². The van der Waals surface area contributed by atoms with Gasteiger partial charge < -0.3 is 24.2 Å². The van der Waals surface area contributed by atoms with Gasteiger partial charge >= 0.3 is 5.97 Å². The molecule has 0 bridgehead atoms. The minimum atomic E-state index is -4.61. The first-order chi connectivity index (χ1) is 26.7. The summed E-state index contributed by atoms with van der Waals surface area (Å²) in [6.07, 6.45) is 7.79. The van der Waals surface area contributed by atoms with Crippen molar-refractivity contribution in [3.8, 4) is 0 Å². The highest BCUT2D eigenvalue weighted by molar-refractivity contribution is 7.86. The molecule has 4 rings (SSSR count). The molecule has 0 fully saturated rings. The normalized spacial score (nSPS) is 20.5. The molecule has 2 heterocycles. The average Bonchev–Trinajstić information content (AvgIpc) is 3.49. The van der Waals surface area contributed by atoms with E-state index in [0.717, 1.165) is 5.70 Å². The zero-order valence-electron chi connectivity index (χ0n) is 32.6. The minimum absolute atomic E-state index is 0.0175. The van der Waals surface area contributed by atoms with Gasteiger partial charge in [-0.2, -0.15) is 29.8 Å². The third-order valence-corrected chi connectivity index (χ3v) is 13.1. The van der Waals surface area contributed by atoms with Gasteiger partial charge in [0, 0.05) is 68.3 Å². The van der Waals surface area contributed by atoms with Crippen LogP contribution in [0.15, 0.2) is 70.1 Å². The molecular formula is C38H53N2O14S3+. The van der Waals surface area contributed by atoms with E-state index in [2.05, 4.69) is 0 Å². The fourth-order valence-electron chi connectivity index (χ4n) is 7.66. The van der Waals surface area contributed by atoms with E-state index in [1.54, 1.807) is 25.3 Å². The van der Waals surface area contributed by atoms with Gasteiger partial charge in [0.2, 0.25) is 5.69 Å². The molecule has 0 amide bonds. The van der Waals surface area contributed by atoms with Crippen LogP contribution in [0.4, 0.5) is 11.4 Å². The van der Waals surface area contributed by atoms with E-state index < -0.39 is 52.9 Å². The maximum absolute atomic E-state index is 12.3. The Morgan fingerprint density at radius 1 is 0.789 bits per heavy atom. The highest BCUT2D eigenvalue weighted by Crippen LogP contribution is 2.51. The van der Waals surface area contributed by atoms with Crippen LogP contribution >= 0.6 is 0 Å². The molecule has 57 heavy (non-hydrogen) atoms. The standard InChI is InChI=1S/C38H52N2O14S3/c1-37(17-9-25-55(43,44)45)30-26-28(56(46,47)48)14-16-33(30)40(20-22-52-3)34(37)10-8-11-35-38(2,18-21-54-24-23-53-4)31-27-29(57(49,50)51)13-15-32(31)39(35)19-7-5-6-12-36(41)42/h8,10-11,13-16,26-27H,5-7,9,12,17-25H2,1-4H3,(H3-,41,42,43,44,45,46,47,48,49,50,51)/p+1. The first kappa shape index (κ1) is 46.2. The Bertz CT molecular complexity index is 2220. The highest BCUT2D eigenvalue weighted by atomic mass is 32.2. The molecule has 2 unspecified atom stereocenters. The second-order valence-electron chi connectivity index (χ2n) is 14.5. The maximum atomic E-state index is 12.3. The molecule has 316 valence electrons. The first-order valence-corrected chi connectivity index (χ1v) is 22.9. The van der Waals surface area contributed by atoms with Crippen LogP contribution in [0.3, 0.4) is 0 Å². The lowest BCUT2D eigenvalue weighted by Crippen LogP contribution is -2.33. The number of methoxy groups -OCH3 is 2. The number of carbonyl (C=O) groups is 1. The summed E-state index contributed by atoms with van der Waals surface area (Å²) < 4.78 is 121. The number of aliphatic carboxylic acids is 1. The third kappa shape index (κ3) is 11.4. The molecule has 2 aliphatic rings. The number of unbranched alkanes of at least 4 members (excludes halogenated alkanes) is 2. The van der Waals surface area contributed by atoms with Crippen molar-refractivity contribution < 1.29 is 67.6 Å². The number of fused-ring (bicyclic) bond motifs is 2. The second-order valence-corrected chi connectivity index (χ2v) is 18.9. The van der Waals surface area contributed by atoms with E-state index in [1.165, 1.54) is 31.4 Å². The Hall–Kier alpha value is -3.53. The van der Waals surface area contributed by atoms with Crippen molar-refractivity contribution in [3.63, 3.8) is 0 Å². The monoisotopic (exact) mass is 857 g/mol. The number of benzene rings is 2. The smallest absolute Gasteiger partial charge is 0.303 e. The van der Waals surface area contributed by atoms with Crippen LogP contribution in [0.1, 0.15) is 69.9 Å². The molecule has 19 heteroatoms. The third-order valence-electron chi connectivity index (χ3n) is 10.6. The van der Waals surface area contributed by atoms with Gasteiger partial charge in [-0.1, -0.05) is 12.5 Å². The molecule has 0 spiro atoms. The SMILES string of the molecule is COCCOCCC1(C)/C(=C\C=C\C2=[N+](CCOC)c3ccc(S(=O)(=O)O)cc3C2(C)CCCS(=O)(=O)O)N(CCCCCC(=O)O)c2ccc(S(=O)(=O)O)cc21. The lowest BCUT2D eigenvalue weighted by atomic mass is 9.75. The molecule has 0 radical (unpaired) electrons. The van der Waals surface area contributed by atoms with Crippen molar-refractivity contribution in [1.82, 2.24) is 0 Å². The zero-order valence-corrected chi connectivity index (χ0v) is 35.0. The number of anilines is 1. The number of nitrogens with zero attached hydrogens (tertiary/aromatic N) is 2. The summed E-state index contributed by atoms with van der Waals surface area (Å²) in [4.78, 5) is 12.6. The number of rotatable bonds is 23. The lowest BCUT2D eigenvalue weighted by Gasteiger charge is -2.30. The van der Waals surface area contributed by atoms with Crippen LogP contribution in [-0.4, -0.2) is 120 Å². The average molecular weight is 858 g/mol. The van der Waals surface area contributed by atoms with Crippen LogP contribution in [0.2, 0.25) is 0 Å². The summed E-state index contributed by atoms with van der Waals surface area (Å²) in [5.41, 5.74) is 2.01. The van der Waals surface area contributed by atoms with Gasteiger partial charge in [0.05, 0.1) is 34.2 Å². The first-order valence-electron chi connectivity index (χ1n) is 18.5. The van der Waals surface area contributed by atoms with Crippen LogP contribution in [0, 0.1) is 0 Å². The van der Waals surface area contributed by atoms with Gasteiger partial charge in [-0.3, -0.25) is 18.5 Å². The van der Waals surface area contributed by atoms with E-state index in [9.17, 15) is 43.7 Å². The van der Waals surface area contributed by atoms with Crippen molar-refractivity contribution >= 4 is 53.4 Å². The molecule has 4 N–H and O–H groups in total. The Labute approximate surface area is 335 Å². The molecule has 0 saturated heterocycles. The second kappa shape index (κ2) is 19.0. The molecule has 2 aliphatic heterocycles. The predicted molar refractivity (Wildman–Crippen MR) is 213 cm³/mol. The molecule has 2 aromatic carbocycles. The highest BCUT2D eigenvalue weighted by Gasteiger charge is 2.48. The lowest BCUT2D eigenvalue weighted by molar-refractivity contribution is -0.441. The molecular weight excluding hydrogens is 805 g/mol. The Morgan fingerprint density at radius 3 is 2.05 bits per heavy atom. The summed E-state index contributed by atoms with van der Waals surface area (Å²) in [7, 11) is -10.4. The van der Waals surface area contributed by atoms with Crippen molar-refractivity contribution in [2.75, 3.05) is 64.4 Å². The maximum Gasteiger partial charge on any atom is 0.303 e. The zero-order chi connectivity index (χ0) is 42.2. The van der Waals surface area contributed by atoms with E-state index in [0.29, 0.717) is 80.2 Å². The van der Waals surface area contributed by atoms with Gasteiger partial charge in [0.25, 0.3) is 30.4 Å². The van der Waals surface area contributed by atoms with Gasteiger partial charge in [-0.05, 0) is 87.9 Å². The summed E-state index contributed by atoms with van der Waals surface area (Å²) in [6, 6.07) is 8.64. The number of ether oxygens (including phenoxy) is 3. The van der Waals surface area contributed by atoms with E-state index in [4.69, 9.17) is 19.3 Å². The number of allylic oxidation sites excluding steroid dienone is 4. The van der Waals surface area contributed by atoms with E-state index in [1.807, 2.05) is 35.5 Å². The summed E-state index contributed by atoms with van der Waals surface area (Å²) in [5.74, 6) is -1.43. The van der Waals surface area contributed by atoms with Crippen LogP contribution in [0.25, 0.3) is 0 Å². The van der Waals surface area contributed by atoms with Crippen molar-refractivity contribution in [2.24, 2.45) is 0 Å². The molecule has 0 saturated carbocycles. The van der Waals surface area contributed by atoms with Gasteiger partial charge in [0.15, 0.2) is 12.3 Å².